The number of nitrogens with one attached hydrogen (secondary N) is 1. The summed E-state index contributed by atoms with van der Waals surface area (Å²) in [5.41, 5.74) is -1.69. The number of halogens is 4. The molecule has 4 aliphatic rings. The van der Waals surface area contributed by atoms with Gasteiger partial charge >= 0.3 is 12.1 Å². The molecule has 1 spiro atoms. The number of ether oxygens (including phenoxy) is 2. The van der Waals surface area contributed by atoms with E-state index in [1.165, 1.54) is 12.1 Å². The van der Waals surface area contributed by atoms with Gasteiger partial charge in [-0.1, -0.05) is 31.0 Å². The van der Waals surface area contributed by atoms with E-state index in [4.69, 9.17) is 31.0 Å². The van der Waals surface area contributed by atoms with Gasteiger partial charge in [0.15, 0.2) is 5.82 Å². The topological polar surface area (TPSA) is 124 Å². The molecule has 8 rings (SSSR count). The van der Waals surface area contributed by atoms with Crippen molar-refractivity contribution in [1.29, 1.82) is 5.26 Å². The molecule has 1 unspecified atom stereocenters. The number of amides is 1. The van der Waals surface area contributed by atoms with Crippen molar-refractivity contribution in [2.24, 2.45) is 5.41 Å². The number of fused-ring (bicyclic) bond motifs is 3. The first-order chi connectivity index (χ1) is 28.8. The second kappa shape index (κ2) is 16.1. The van der Waals surface area contributed by atoms with Crippen molar-refractivity contribution in [3.63, 3.8) is 0 Å². The van der Waals surface area contributed by atoms with Gasteiger partial charge in [0, 0.05) is 60.4 Å². The summed E-state index contributed by atoms with van der Waals surface area (Å²) >= 11 is 7.93. The highest BCUT2D eigenvalue weighted by Gasteiger charge is 2.56. The fourth-order valence-electron chi connectivity index (χ4n) is 10.1. The first-order valence-corrected chi connectivity index (χ1v) is 23.4. The zero-order valence-electron chi connectivity index (χ0n) is 35.7. The van der Waals surface area contributed by atoms with Crippen LogP contribution in [0, 0.1) is 28.4 Å². The third-order valence-electron chi connectivity index (χ3n) is 12.7. The SMILES string of the molecule is CC[C@H]1N(S(=O)C(C)(C)C)C[C@]12CCCCN(c1nc(OC[C@@]34CCCN3C[C@H](F)C4)nc3c(F)c(-c4ccc(F)c5sc(NC(=O)OC(C)(C)C)c(C#N)c45)c(Cl)cc13)C2. The van der Waals surface area contributed by atoms with Gasteiger partial charge in [-0.25, -0.2) is 26.5 Å². The second-order valence-electron chi connectivity index (χ2n) is 19.1. The molecule has 5 atom stereocenters. The van der Waals surface area contributed by atoms with Crippen LogP contribution in [0.25, 0.3) is 32.1 Å². The largest absolute Gasteiger partial charge is 0.461 e. The van der Waals surface area contributed by atoms with Crippen molar-refractivity contribution in [3.8, 4) is 23.2 Å². The van der Waals surface area contributed by atoms with Crippen LogP contribution in [0.2, 0.25) is 5.02 Å². The maximum Gasteiger partial charge on any atom is 0.412 e. The van der Waals surface area contributed by atoms with Gasteiger partial charge in [-0.2, -0.15) is 15.2 Å². The summed E-state index contributed by atoms with van der Waals surface area (Å²) in [6.07, 6.45) is 3.72. The number of nitriles is 1. The number of hydrogen-bond donors (Lipinski definition) is 1. The van der Waals surface area contributed by atoms with Crippen LogP contribution < -0.4 is 15.0 Å². The lowest BCUT2D eigenvalue weighted by molar-refractivity contribution is -0.00998. The molecule has 2 aromatic heterocycles. The third-order valence-corrected chi connectivity index (χ3v) is 15.9. The van der Waals surface area contributed by atoms with Gasteiger partial charge in [-0.3, -0.25) is 10.2 Å². The highest BCUT2D eigenvalue weighted by molar-refractivity contribution is 7.84. The number of anilines is 2. The number of carbonyl (C=O) groups excluding carboxylic acids is 1. The van der Waals surface area contributed by atoms with E-state index < -0.39 is 50.8 Å². The third kappa shape index (κ3) is 7.96. The van der Waals surface area contributed by atoms with Crippen molar-refractivity contribution in [2.45, 2.75) is 122 Å². The predicted octanol–water partition coefficient (Wildman–Crippen LogP) is 10.2. The zero-order valence-corrected chi connectivity index (χ0v) is 38.1. The summed E-state index contributed by atoms with van der Waals surface area (Å²) in [6, 6.07) is 6.23. The standard InChI is InChI=1S/C44H53ClF3N7O4S2/c1-8-31-43(23-55(31)61(57)42(5,6)7)14-9-10-16-53(22-43)37-27-18-29(45)33(34(48)35(27)50-39(51-37)58-24-44-15-11-17-54(44)21-25(46)19-44)26-12-13-30(47)36-32(26)28(20-49)38(60-36)52-40(56)59-41(2,3)4/h12-13,18,25,31H,8-11,14-17,19,21-24H2,1-7H3,(H,52,56)/t25-,31-,43-,44+,61?/m1/s1. The Labute approximate surface area is 366 Å². The Morgan fingerprint density at radius 3 is 2.59 bits per heavy atom. The molecule has 0 radical (unpaired) electrons. The van der Waals surface area contributed by atoms with E-state index in [2.05, 4.69) is 32.4 Å². The number of aromatic nitrogens is 2. The second-order valence-corrected chi connectivity index (χ2v) is 22.7. The molecule has 17 heteroatoms. The Morgan fingerprint density at radius 1 is 1.11 bits per heavy atom. The summed E-state index contributed by atoms with van der Waals surface area (Å²) in [4.78, 5) is 26.8. The molecular formula is C44H53ClF3N7O4S2. The molecule has 4 aromatic rings. The van der Waals surface area contributed by atoms with Gasteiger partial charge in [-0.05, 0) is 97.9 Å². The van der Waals surface area contributed by atoms with E-state index >= 15 is 8.78 Å². The van der Waals surface area contributed by atoms with Crippen LogP contribution in [0.4, 0.5) is 28.8 Å². The van der Waals surface area contributed by atoms with Crippen molar-refractivity contribution >= 4 is 71.8 Å². The Balaban J connectivity index is 1.25. The van der Waals surface area contributed by atoms with E-state index in [0.29, 0.717) is 43.8 Å². The molecule has 1 N–H and O–H groups in total. The molecule has 328 valence electrons. The van der Waals surface area contributed by atoms with Gasteiger partial charge in [0.2, 0.25) is 0 Å². The van der Waals surface area contributed by atoms with E-state index in [1.807, 2.05) is 20.8 Å². The van der Waals surface area contributed by atoms with Crippen molar-refractivity contribution in [3.05, 3.63) is 40.4 Å². The molecule has 0 bridgehead atoms. The normalized spacial score (nSPS) is 25.4. The fourth-order valence-corrected chi connectivity index (χ4v) is 13.2. The minimum Gasteiger partial charge on any atom is -0.461 e. The summed E-state index contributed by atoms with van der Waals surface area (Å²) in [5.74, 6) is -1.05. The van der Waals surface area contributed by atoms with E-state index in [9.17, 15) is 18.7 Å². The molecule has 1 amide bonds. The van der Waals surface area contributed by atoms with Gasteiger partial charge in [0.25, 0.3) is 0 Å². The lowest BCUT2D eigenvalue weighted by Crippen LogP contribution is -2.69. The average molecular weight is 901 g/mol. The lowest BCUT2D eigenvalue weighted by atomic mass is 9.69. The van der Waals surface area contributed by atoms with Crippen LogP contribution in [-0.2, 0) is 15.7 Å². The minimum absolute atomic E-state index is 0.0139. The highest BCUT2D eigenvalue weighted by Crippen LogP contribution is 2.51. The fraction of sp³-hybridized carbons (Fsp3) is 0.591. The number of benzene rings is 2. The first kappa shape index (κ1) is 43.9. The number of hydrogen-bond acceptors (Lipinski definition) is 10. The zero-order chi connectivity index (χ0) is 43.8. The molecule has 4 aliphatic heterocycles. The van der Waals surface area contributed by atoms with Crippen LogP contribution in [0.1, 0.15) is 99.0 Å². The van der Waals surface area contributed by atoms with Gasteiger partial charge in [0.1, 0.15) is 46.6 Å². The maximum atomic E-state index is 17.7. The summed E-state index contributed by atoms with van der Waals surface area (Å²) in [7, 11) is -1.20. The molecule has 4 fully saturated rings. The summed E-state index contributed by atoms with van der Waals surface area (Å²) in [5, 5.41) is 13.4. The number of carbonyl (C=O) groups is 1. The van der Waals surface area contributed by atoms with Crippen molar-refractivity contribution < 1.29 is 31.6 Å². The Bertz CT molecular complexity index is 2470. The highest BCUT2D eigenvalue weighted by atomic mass is 35.5. The van der Waals surface area contributed by atoms with Gasteiger partial charge in [-0.15, -0.1) is 11.3 Å². The number of rotatable bonds is 8. The van der Waals surface area contributed by atoms with Crippen LogP contribution in [0.15, 0.2) is 18.2 Å². The number of alkyl halides is 1. The molecule has 6 heterocycles. The molecule has 4 saturated heterocycles. The smallest absolute Gasteiger partial charge is 0.412 e. The van der Waals surface area contributed by atoms with Crippen molar-refractivity contribution in [2.75, 3.05) is 49.5 Å². The van der Waals surface area contributed by atoms with E-state index in [0.717, 1.165) is 56.4 Å². The molecule has 11 nitrogen and oxygen atoms in total. The quantitative estimate of drug-likeness (QED) is 0.184. The average Bonchev–Trinajstić information content (AvgIpc) is 3.76. The predicted molar refractivity (Wildman–Crippen MR) is 236 cm³/mol. The van der Waals surface area contributed by atoms with Crippen LogP contribution >= 0.6 is 22.9 Å². The van der Waals surface area contributed by atoms with E-state index in [1.54, 1.807) is 26.8 Å². The lowest BCUT2D eigenvalue weighted by Gasteiger charge is -2.58. The first-order valence-electron chi connectivity index (χ1n) is 21.1. The molecule has 2 aromatic carbocycles. The molecular weight excluding hydrogens is 847 g/mol. The van der Waals surface area contributed by atoms with Crippen LogP contribution in [-0.4, -0.2) is 96.9 Å². The van der Waals surface area contributed by atoms with Crippen molar-refractivity contribution in [1.82, 2.24) is 19.2 Å². The Morgan fingerprint density at radius 2 is 1.89 bits per heavy atom. The van der Waals surface area contributed by atoms with E-state index in [-0.39, 0.29) is 66.4 Å². The maximum absolute atomic E-state index is 17.7. The Kier molecular flexibility index (Phi) is 11.6. The monoisotopic (exact) mass is 899 g/mol. The number of nitrogens with zero attached hydrogens (tertiary/aromatic N) is 6. The molecule has 61 heavy (non-hydrogen) atoms. The molecule has 0 aliphatic carbocycles. The minimum atomic E-state index is -1.20. The Hall–Kier alpha value is -3.75. The summed E-state index contributed by atoms with van der Waals surface area (Å²) < 4.78 is 75.3. The van der Waals surface area contributed by atoms with Gasteiger partial charge < -0.3 is 14.4 Å². The van der Waals surface area contributed by atoms with Crippen LogP contribution in [0.5, 0.6) is 6.01 Å². The number of thiophene rings is 1. The summed E-state index contributed by atoms with van der Waals surface area (Å²) in [6.45, 7) is 16.2. The van der Waals surface area contributed by atoms with Crippen LogP contribution in [0.3, 0.4) is 0 Å². The molecule has 0 saturated carbocycles. The van der Waals surface area contributed by atoms with Gasteiger partial charge in [0.05, 0.1) is 36.6 Å².